The topological polar surface area (TPSA) is 58.6 Å². The van der Waals surface area contributed by atoms with Gasteiger partial charge in [0.15, 0.2) is 5.78 Å². The van der Waals surface area contributed by atoms with Crippen molar-refractivity contribution >= 4 is 11.9 Å². The predicted octanol–water partition coefficient (Wildman–Crippen LogP) is 1.98. The fourth-order valence-electron chi connectivity index (χ4n) is 1.74. The van der Waals surface area contributed by atoms with Gasteiger partial charge in [0, 0.05) is 6.54 Å². The second-order valence-electron chi connectivity index (χ2n) is 4.33. The number of nitrogens with one attached hydrogen (secondary N) is 1. The first-order chi connectivity index (χ1) is 8.99. The molecule has 0 unspecified atom stereocenters. The molecular weight excluding hydrogens is 244 g/mol. The second-order valence-corrected chi connectivity index (χ2v) is 4.33. The van der Waals surface area contributed by atoms with E-state index in [0.29, 0.717) is 18.4 Å². The van der Waals surface area contributed by atoms with E-state index in [1.54, 1.807) is 0 Å². The molecular formula is C14H26N2O3. The highest BCUT2D eigenvalue weighted by Crippen LogP contribution is 2.07. The number of carbonyl (C=O) groups is 2. The molecule has 5 nitrogen and oxygen atoms in total. The van der Waals surface area contributed by atoms with Crippen LogP contribution in [0.4, 0.5) is 4.79 Å². The molecule has 0 bridgehead atoms. The lowest BCUT2D eigenvalue weighted by molar-refractivity contribution is -0.117. The lowest BCUT2D eigenvalue weighted by Gasteiger charge is -2.22. The molecule has 0 rings (SSSR count). The Bertz CT molecular complexity index is 312. The smallest absolute Gasteiger partial charge is 0.407 e. The average Bonchev–Trinajstić information content (AvgIpc) is 2.44. The zero-order chi connectivity index (χ0) is 14.8. The van der Waals surface area contributed by atoms with Crippen LogP contribution in [0.5, 0.6) is 0 Å². The summed E-state index contributed by atoms with van der Waals surface area (Å²) in [5.41, 5.74) is 0.529. The van der Waals surface area contributed by atoms with Crippen LogP contribution >= 0.6 is 0 Å². The minimum atomic E-state index is -0.582. The molecule has 1 atom stereocenters. The molecule has 1 N–H and O–H groups in total. The Morgan fingerprint density at radius 2 is 1.84 bits per heavy atom. The van der Waals surface area contributed by atoms with Crippen LogP contribution in [0.2, 0.25) is 0 Å². The molecule has 0 aliphatic rings. The summed E-state index contributed by atoms with van der Waals surface area (Å²) in [6.07, 6.45) is 0.569. The van der Waals surface area contributed by atoms with Crippen molar-refractivity contribution in [1.29, 1.82) is 0 Å². The molecule has 0 aromatic heterocycles. The monoisotopic (exact) mass is 270 g/mol. The van der Waals surface area contributed by atoms with E-state index in [-0.39, 0.29) is 5.78 Å². The summed E-state index contributed by atoms with van der Waals surface area (Å²) >= 11 is 0. The number of hydrogen-bond donors (Lipinski definition) is 1. The Morgan fingerprint density at radius 1 is 1.26 bits per heavy atom. The van der Waals surface area contributed by atoms with Gasteiger partial charge in [-0.1, -0.05) is 27.4 Å². The minimum Gasteiger partial charge on any atom is -0.453 e. The van der Waals surface area contributed by atoms with Gasteiger partial charge in [0.05, 0.1) is 13.2 Å². The average molecular weight is 270 g/mol. The second kappa shape index (κ2) is 9.55. The van der Waals surface area contributed by atoms with Gasteiger partial charge in [0.1, 0.15) is 0 Å². The van der Waals surface area contributed by atoms with Crippen LogP contribution in [0.3, 0.4) is 0 Å². The Kier molecular flexibility index (Phi) is 8.87. The largest absolute Gasteiger partial charge is 0.453 e. The first-order valence-electron chi connectivity index (χ1n) is 6.78. The maximum Gasteiger partial charge on any atom is 0.407 e. The van der Waals surface area contributed by atoms with Gasteiger partial charge >= 0.3 is 6.09 Å². The fourth-order valence-corrected chi connectivity index (χ4v) is 1.74. The zero-order valence-corrected chi connectivity index (χ0v) is 12.5. The Balaban J connectivity index is 4.62. The summed E-state index contributed by atoms with van der Waals surface area (Å²) < 4.78 is 4.56. The number of ketones is 1. The molecule has 0 radical (unpaired) electrons. The number of alkyl carbamates (subject to hydrolysis) is 1. The molecule has 0 aromatic rings. The fraction of sp³-hybridized carbons (Fsp3) is 0.714. The molecule has 0 heterocycles. The Morgan fingerprint density at radius 3 is 2.26 bits per heavy atom. The van der Waals surface area contributed by atoms with E-state index in [1.165, 1.54) is 7.11 Å². The maximum absolute atomic E-state index is 12.1. The van der Waals surface area contributed by atoms with Crippen molar-refractivity contribution in [2.24, 2.45) is 0 Å². The number of rotatable bonds is 9. The van der Waals surface area contributed by atoms with Gasteiger partial charge in [-0.2, -0.15) is 0 Å². The summed E-state index contributed by atoms with van der Waals surface area (Å²) in [4.78, 5) is 25.6. The van der Waals surface area contributed by atoms with Crippen LogP contribution in [0.25, 0.3) is 0 Å². The van der Waals surface area contributed by atoms with E-state index < -0.39 is 12.1 Å². The molecule has 110 valence electrons. The lowest BCUT2D eigenvalue weighted by atomic mass is 10.0. The van der Waals surface area contributed by atoms with E-state index in [1.807, 2.05) is 6.92 Å². The van der Waals surface area contributed by atoms with Gasteiger partial charge in [0.25, 0.3) is 0 Å². The van der Waals surface area contributed by atoms with Crippen LogP contribution in [0, 0.1) is 0 Å². The molecule has 0 aliphatic carbocycles. The highest BCUT2D eigenvalue weighted by Gasteiger charge is 2.22. The molecule has 0 aliphatic heterocycles. The summed E-state index contributed by atoms with van der Waals surface area (Å²) in [5.74, 6) is -0.111. The van der Waals surface area contributed by atoms with Gasteiger partial charge in [-0.05, 0) is 31.5 Å². The van der Waals surface area contributed by atoms with E-state index >= 15 is 0 Å². The van der Waals surface area contributed by atoms with E-state index in [2.05, 4.69) is 35.4 Å². The van der Waals surface area contributed by atoms with Gasteiger partial charge in [-0.3, -0.25) is 4.79 Å². The standard InChI is InChI=1S/C14H26N2O3/c1-6-11(4)13(17)12(15-14(18)19-5)9-10-16(7-2)8-3/h12H,4,6-10H2,1-3,5H3,(H,15,18)/t12-/m0/s1. The van der Waals surface area contributed by atoms with E-state index in [4.69, 9.17) is 0 Å². The van der Waals surface area contributed by atoms with Gasteiger partial charge in [-0.25, -0.2) is 4.79 Å². The maximum atomic E-state index is 12.1. The molecule has 0 saturated carbocycles. The van der Waals surface area contributed by atoms with Crippen molar-refractivity contribution in [3.63, 3.8) is 0 Å². The van der Waals surface area contributed by atoms with Crippen molar-refractivity contribution < 1.29 is 14.3 Å². The van der Waals surface area contributed by atoms with Crippen LogP contribution in [-0.4, -0.2) is 49.6 Å². The summed E-state index contributed by atoms with van der Waals surface area (Å²) in [5, 5.41) is 2.59. The molecule has 0 spiro atoms. The van der Waals surface area contributed by atoms with Crippen LogP contribution in [0.15, 0.2) is 12.2 Å². The third kappa shape index (κ3) is 6.38. The number of Topliss-reactive ketones (excluding diaryl/α,β-unsaturated/α-hetero) is 1. The van der Waals surface area contributed by atoms with Gasteiger partial charge < -0.3 is 15.0 Å². The number of hydrogen-bond acceptors (Lipinski definition) is 4. The van der Waals surface area contributed by atoms with Crippen LogP contribution in [0.1, 0.15) is 33.6 Å². The molecule has 19 heavy (non-hydrogen) atoms. The number of carbonyl (C=O) groups excluding carboxylic acids is 2. The van der Waals surface area contributed by atoms with Crippen LogP contribution in [-0.2, 0) is 9.53 Å². The predicted molar refractivity (Wildman–Crippen MR) is 76.2 cm³/mol. The highest BCUT2D eigenvalue weighted by molar-refractivity contribution is 6.00. The lowest BCUT2D eigenvalue weighted by Crippen LogP contribution is -2.43. The summed E-state index contributed by atoms with van der Waals surface area (Å²) in [6, 6.07) is -0.555. The van der Waals surface area contributed by atoms with Crippen molar-refractivity contribution in [2.45, 2.75) is 39.7 Å². The molecule has 5 heteroatoms. The number of ether oxygens (including phenoxy) is 1. The van der Waals surface area contributed by atoms with Crippen molar-refractivity contribution in [2.75, 3.05) is 26.7 Å². The highest BCUT2D eigenvalue weighted by atomic mass is 16.5. The third-order valence-electron chi connectivity index (χ3n) is 3.20. The molecule has 0 aromatic carbocycles. The van der Waals surface area contributed by atoms with Crippen molar-refractivity contribution in [1.82, 2.24) is 10.2 Å². The first-order valence-corrected chi connectivity index (χ1v) is 6.78. The number of amides is 1. The van der Waals surface area contributed by atoms with E-state index in [9.17, 15) is 9.59 Å². The summed E-state index contributed by atoms with van der Waals surface area (Å²) in [6.45, 7) is 12.3. The zero-order valence-electron chi connectivity index (χ0n) is 12.5. The minimum absolute atomic E-state index is 0.111. The summed E-state index contributed by atoms with van der Waals surface area (Å²) in [7, 11) is 1.29. The molecule has 0 fully saturated rings. The normalized spacial score (nSPS) is 12.1. The van der Waals surface area contributed by atoms with Crippen molar-refractivity contribution in [3.05, 3.63) is 12.2 Å². The molecule has 1 amide bonds. The van der Waals surface area contributed by atoms with Crippen molar-refractivity contribution in [3.8, 4) is 0 Å². The SMILES string of the molecule is C=C(CC)C(=O)[C@H](CCN(CC)CC)NC(=O)OC. The number of methoxy groups -OCH3 is 1. The van der Waals surface area contributed by atoms with Crippen LogP contribution < -0.4 is 5.32 Å². The van der Waals surface area contributed by atoms with Gasteiger partial charge in [0.2, 0.25) is 0 Å². The quantitative estimate of drug-likeness (QED) is 0.651. The Hall–Kier alpha value is -1.36. The molecule has 0 saturated heterocycles. The van der Waals surface area contributed by atoms with E-state index in [0.717, 1.165) is 19.6 Å². The third-order valence-corrected chi connectivity index (χ3v) is 3.20. The Labute approximate surface area is 116 Å². The number of nitrogens with zero attached hydrogens (tertiary/aromatic N) is 1. The first kappa shape index (κ1) is 17.6. The van der Waals surface area contributed by atoms with Gasteiger partial charge in [-0.15, -0.1) is 0 Å².